The van der Waals surface area contributed by atoms with Gasteiger partial charge in [-0.15, -0.1) is 11.3 Å². The van der Waals surface area contributed by atoms with Crippen LogP contribution in [0.15, 0.2) is 17.5 Å². The molecular formula is C16H26N2OS. The van der Waals surface area contributed by atoms with E-state index >= 15 is 0 Å². The van der Waals surface area contributed by atoms with Crippen molar-refractivity contribution in [1.29, 1.82) is 0 Å². The third-order valence-corrected chi connectivity index (χ3v) is 5.98. The lowest BCUT2D eigenvalue weighted by Crippen LogP contribution is -2.36. The average molecular weight is 294 g/mol. The third kappa shape index (κ3) is 2.80. The van der Waals surface area contributed by atoms with E-state index in [2.05, 4.69) is 34.2 Å². The summed E-state index contributed by atoms with van der Waals surface area (Å²) in [6.45, 7) is 10.5. The van der Waals surface area contributed by atoms with Gasteiger partial charge in [-0.25, -0.2) is 0 Å². The zero-order chi connectivity index (χ0) is 14.0. The number of likely N-dealkylation sites (tertiary alicyclic amines) is 2. The first kappa shape index (κ1) is 14.5. The Labute approximate surface area is 126 Å². The summed E-state index contributed by atoms with van der Waals surface area (Å²) in [7, 11) is 1.85. The van der Waals surface area contributed by atoms with Crippen molar-refractivity contribution in [2.45, 2.75) is 19.9 Å². The van der Waals surface area contributed by atoms with E-state index in [1.54, 1.807) is 0 Å². The molecule has 0 bridgehead atoms. The molecule has 4 heteroatoms. The lowest BCUT2D eigenvalue weighted by atomic mass is 9.78. The van der Waals surface area contributed by atoms with Crippen LogP contribution >= 0.6 is 11.3 Å². The fourth-order valence-electron chi connectivity index (χ4n) is 4.02. The van der Waals surface area contributed by atoms with Crippen molar-refractivity contribution >= 4 is 11.3 Å². The molecule has 2 saturated heterocycles. The molecule has 0 N–H and O–H groups in total. The van der Waals surface area contributed by atoms with Crippen molar-refractivity contribution in [2.24, 2.45) is 11.3 Å². The van der Waals surface area contributed by atoms with Gasteiger partial charge in [0.2, 0.25) is 0 Å². The van der Waals surface area contributed by atoms with Gasteiger partial charge in [0.05, 0.1) is 6.61 Å². The minimum absolute atomic E-state index is 0.475. The second-order valence-corrected chi connectivity index (χ2v) is 7.41. The van der Waals surface area contributed by atoms with Gasteiger partial charge in [0.15, 0.2) is 0 Å². The Kier molecular flexibility index (Phi) is 4.46. The highest BCUT2D eigenvalue weighted by molar-refractivity contribution is 7.09. The van der Waals surface area contributed by atoms with E-state index in [1.165, 1.54) is 44.0 Å². The Morgan fingerprint density at radius 2 is 2.25 bits per heavy atom. The molecular weight excluding hydrogens is 268 g/mol. The molecule has 1 spiro atoms. The SMILES string of the molecule is CCN1C[C@H](COC)[C@@]2(CCN(Cc3cccs3)C2)C1. The first-order chi connectivity index (χ1) is 9.75. The average Bonchev–Trinajstić information content (AvgIpc) is 3.15. The Hall–Kier alpha value is -0.420. The highest BCUT2D eigenvalue weighted by Gasteiger charge is 2.49. The van der Waals surface area contributed by atoms with Crippen molar-refractivity contribution in [2.75, 3.05) is 46.4 Å². The minimum atomic E-state index is 0.475. The number of hydrogen-bond donors (Lipinski definition) is 0. The molecule has 1 aromatic rings. The monoisotopic (exact) mass is 294 g/mol. The van der Waals surface area contributed by atoms with Crippen LogP contribution in [0.3, 0.4) is 0 Å². The summed E-state index contributed by atoms with van der Waals surface area (Å²) in [6, 6.07) is 4.42. The third-order valence-electron chi connectivity index (χ3n) is 5.12. The van der Waals surface area contributed by atoms with Gasteiger partial charge in [-0.3, -0.25) is 4.90 Å². The van der Waals surface area contributed by atoms with E-state index in [0.717, 1.165) is 13.2 Å². The maximum Gasteiger partial charge on any atom is 0.0509 e. The van der Waals surface area contributed by atoms with Crippen LogP contribution in [0.5, 0.6) is 0 Å². The zero-order valence-electron chi connectivity index (χ0n) is 12.7. The van der Waals surface area contributed by atoms with Crippen LogP contribution in [-0.4, -0.2) is 56.2 Å². The molecule has 2 aliphatic rings. The van der Waals surface area contributed by atoms with E-state index < -0.39 is 0 Å². The molecule has 2 fully saturated rings. The first-order valence-electron chi connectivity index (χ1n) is 7.72. The molecule has 3 heterocycles. The minimum Gasteiger partial charge on any atom is -0.384 e. The fourth-order valence-corrected chi connectivity index (χ4v) is 4.77. The highest BCUT2D eigenvalue weighted by atomic mass is 32.1. The predicted molar refractivity (Wildman–Crippen MR) is 84.1 cm³/mol. The number of ether oxygens (including phenoxy) is 1. The Morgan fingerprint density at radius 1 is 1.40 bits per heavy atom. The standard InChI is InChI=1S/C16H26N2OS/c1-3-17-9-14(11-19-2)16(12-17)6-7-18(13-16)10-15-5-4-8-20-15/h4-5,8,14H,3,6-7,9-13H2,1-2H3/t14-,16+/m1/s1. The van der Waals surface area contributed by atoms with E-state index in [0.29, 0.717) is 11.3 Å². The van der Waals surface area contributed by atoms with Gasteiger partial charge < -0.3 is 9.64 Å². The van der Waals surface area contributed by atoms with Gasteiger partial charge >= 0.3 is 0 Å². The number of methoxy groups -OCH3 is 1. The second-order valence-electron chi connectivity index (χ2n) is 6.38. The quantitative estimate of drug-likeness (QED) is 0.830. The molecule has 0 radical (unpaired) electrons. The van der Waals surface area contributed by atoms with Crippen molar-refractivity contribution in [3.05, 3.63) is 22.4 Å². The first-order valence-corrected chi connectivity index (χ1v) is 8.60. The number of thiophene rings is 1. The van der Waals surface area contributed by atoms with Gasteiger partial charge in [0.1, 0.15) is 0 Å². The van der Waals surface area contributed by atoms with Gasteiger partial charge in [0, 0.05) is 49.5 Å². The van der Waals surface area contributed by atoms with Crippen molar-refractivity contribution in [1.82, 2.24) is 9.80 Å². The van der Waals surface area contributed by atoms with Crippen LogP contribution < -0.4 is 0 Å². The molecule has 112 valence electrons. The Balaban J connectivity index is 1.66. The molecule has 2 aliphatic heterocycles. The highest BCUT2D eigenvalue weighted by Crippen LogP contribution is 2.44. The summed E-state index contributed by atoms with van der Waals surface area (Å²) < 4.78 is 5.50. The number of hydrogen-bond acceptors (Lipinski definition) is 4. The van der Waals surface area contributed by atoms with Crippen LogP contribution in [0.4, 0.5) is 0 Å². The van der Waals surface area contributed by atoms with Gasteiger partial charge in [-0.2, -0.15) is 0 Å². The molecule has 3 rings (SSSR count). The van der Waals surface area contributed by atoms with Crippen molar-refractivity contribution in [3.63, 3.8) is 0 Å². The van der Waals surface area contributed by atoms with E-state index in [-0.39, 0.29) is 0 Å². The molecule has 0 saturated carbocycles. The largest absolute Gasteiger partial charge is 0.384 e. The van der Waals surface area contributed by atoms with Crippen LogP contribution in [0.25, 0.3) is 0 Å². The molecule has 1 aromatic heterocycles. The molecule has 0 amide bonds. The maximum absolute atomic E-state index is 5.50. The molecule has 3 nitrogen and oxygen atoms in total. The van der Waals surface area contributed by atoms with Crippen molar-refractivity contribution < 1.29 is 4.74 Å². The molecule has 0 aliphatic carbocycles. The van der Waals surface area contributed by atoms with Crippen LogP contribution in [0.2, 0.25) is 0 Å². The van der Waals surface area contributed by atoms with E-state index in [9.17, 15) is 0 Å². The Morgan fingerprint density at radius 3 is 2.95 bits per heavy atom. The van der Waals surface area contributed by atoms with E-state index in [4.69, 9.17) is 4.74 Å². The molecule has 20 heavy (non-hydrogen) atoms. The summed E-state index contributed by atoms with van der Waals surface area (Å²) in [6.07, 6.45) is 1.34. The van der Waals surface area contributed by atoms with Gasteiger partial charge in [0.25, 0.3) is 0 Å². The van der Waals surface area contributed by atoms with Crippen LogP contribution in [0, 0.1) is 11.3 Å². The summed E-state index contributed by atoms with van der Waals surface area (Å²) in [5.74, 6) is 0.709. The fraction of sp³-hybridized carbons (Fsp3) is 0.750. The van der Waals surface area contributed by atoms with Crippen LogP contribution in [-0.2, 0) is 11.3 Å². The van der Waals surface area contributed by atoms with Gasteiger partial charge in [-0.1, -0.05) is 13.0 Å². The summed E-state index contributed by atoms with van der Waals surface area (Å²) >= 11 is 1.88. The topological polar surface area (TPSA) is 15.7 Å². The lowest BCUT2D eigenvalue weighted by molar-refractivity contribution is 0.0959. The smallest absolute Gasteiger partial charge is 0.0509 e. The summed E-state index contributed by atoms with van der Waals surface area (Å²) in [4.78, 5) is 6.75. The number of nitrogens with zero attached hydrogens (tertiary/aromatic N) is 2. The maximum atomic E-state index is 5.50. The normalized spacial score (nSPS) is 31.6. The molecule has 0 aromatic carbocycles. The summed E-state index contributed by atoms with van der Waals surface area (Å²) in [5, 5.41) is 2.18. The van der Waals surface area contributed by atoms with E-state index in [1.807, 2.05) is 18.4 Å². The lowest BCUT2D eigenvalue weighted by Gasteiger charge is -2.30. The predicted octanol–water partition coefficient (Wildman–Crippen LogP) is 2.54. The van der Waals surface area contributed by atoms with Crippen molar-refractivity contribution in [3.8, 4) is 0 Å². The molecule has 0 unspecified atom stereocenters. The summed E-state index contributed by atoms with van der Waals surface area (Å²) in [5.41, 5.74) is 0.475. The second kappa shape index (κ2) is 6.14. The van der Waals surface area contributed by atoms with Crippen LogP contribution in [0.1, 0.15) is 18.2 Å². The Bertz CT molecular complexity index is 422. The van der Waals surface area contributed by atoms with Gasteiger partial charge in [-0.05, 0) is 31.0 Å². The number of rotatable bonds is 5. The molecule has 2 atom stereocenters. The zero-order valence-corrected chi connectivity index (χ0v) is 13.5.